The Balaban J connectivity index is 3.06. The van der Waals surface area contributed by atoms with Crippen molar-refractivity contribution in [1.29, 1.82) is 5.41 Å². The van der Waals surface area contributed by atoms with E-state index in [4.69, 9.17) is 10.1 Å². The number of nitrogens with zero attached hydrogens (tertiary/aromatic N) is 1. The minimum atomic E-state index is -2.60. The molecule has 0 aliphatic carbocycles. The second kappa shape index (κ2) is 8.36. The van der Waals surface area contributed by atoms with Crippen LogP contribution < -0.4 is 10.1 Å². The van der Waals surface area contributed by atoms with Gasteiger partial charge in [-0.25, -0.2) is 8.78 Å². The van der Waals surface area contributed by atoms with Crippen molar-refractivity contribution >= 4 is 11.8 Å². The zero-order valence-corrected chi connectivity index (χ0v) is 12.5. The fourth-order valence-electron chi connectivity index (χ4n) is 1.76. The molecule has 0 saturated carbocycles. The topological polar surface area (TPSA) is 48.4 Å². The molecule has 0 aliphatic rings. The van der Waals surface area contributed by atoms with E-state index in [1.807, 2.05) is 19.0 Å². The molecule has 0 bridgehead atoms. The fourth-order valence-corrected chi connectivity index (χ4v) is 1.76. The van der Waals surface area contributed by atoms with Gasteiger partial charge in [-0.3, -0.25) is 0 Å². The second-order valence-electron chi connectivity index (χ2n) is 4.73. The highest BCUT2D eigenvalue weighted by atomic mass is 19.3. The molecule has 0 radical (unpaired) electrons. The van der Waals surface area contributed by atoms with Gasteiger partial charge < -0.3 is 20.4 Å². The Morgan fingerprint density at radius 3 is 2.67 bits per heavy atom. The number of rotatable bonds is 8. The number of ether oxygens (including phenoxy) is 1. The van der Waals surface area contributed by atoms with Gasteiger partial charge >= 0.3 is 0 Å². The van der Waals surface area contributed by atoms with E-state index in [1.165, 1.54) is 18.3 Å². The summed E-state index contributed by atoms with van der Waals surface area (Å²) in [5.41, 5.74) is 0.572. The van der Waals surface area contributed by atoms with E-state index in [2.05, 4.69) is 5.32 Å². The Morgan fingerprint density at radius 2 is 2.14 bits per heavy atom. The lowest BCUT2D eigenvalue weighted by molar-refractivity contribution is 0.151. The third kappa shape index (κ3) is 5.15. The molecule has 1 aromatic rings. The Kier molecular flexibility index (Phi) is 6.81. The van der Waals surface area contributed by atoms with Crippen molar-refractivity contribution in [3.63, 3.8) is 0 Å². The number of halogens is 2. The molecule has 2 N–H and O–H groups in total. The first kappa shape index (κ1) is 17.1. The molecule has 0 saturated heterocycles. The average Bonchev–Trinajstić information content (AvgIpc) is 2.44. The van der Waals surface area contributed by atoms with E-state index in [1.54, 1.807) is 13.1 Å². The summed E-state index contributed by atoms with van der Waals surface area (Å²) in [6.07, 6.45) is -0.0462. The smallest absolute Gasteiger partial charge is 0.264 e. The molecule has 0 aromatic heterocycles. The highest BCUT2D eigenvalue weighted by Gasteiger charge is 2.16. The van der Waals surface area contributed by atoms with Crippen LogP contribution in [0.25, 0.3) is 5.57 Å². The summed E-state index contributed by atoms with van der Waals surface area (Å²) >= 11 is 0. The molecule has 0 amide bonds. The lowest BCUT2D eigenvalue weighted by atomic mass is 10.0. The molecule has 116 valence electrons. The molecule has 0 spiro atoms. The van der Waals surface area contributed by atoms with E-state index in [0.717, 1.165) is 12.8 Å². The van der Waals surface area contributed by atoms with Crippen LogP contribution in [0.4, 0.5) is 8.78 Å². The van der Waals surface area contributed by atoms with Crippen LogP contribution in [0.3, 0.4) is 0 Å². The first-order valence-corrected chi connectivity index (χ1v) is 6.57. The molecule has 0 atom stereocenters. The summed E-state index contributed by atoms with van der Waals surface area (Å²) in [5.74, 6) is 0.514. The van der Waals surface area contributed by atoms with Gasteiger partial charge in [-0.1, -0.05) is 0 Å². The minimum Gasteiger partial charge on any atom is -0.492 e. The van der Waals surface area contributed by atoms with E-state index in [9.17, 15) is 8.78 Å². The molecular formula is C15H21F2N3O. The van der Waals surface area contributed by atoms with Crippen molar-refractivity contribution in [1.82, 2.24) is 10.2 Å². The monoisotopic (exact) mass is 297 g/mol. The predicted octanol–water partition coefficient (Wildman–Crippen LogP) is 2.77. The zero-order valence-electron chi connectivity index (χ0n) is 12.5. The number of hydrogen-bond donors (Lipinski definition) is 2. The van der Waals surface area contributed by atoms with E-state index in [0.29, 0.717) is 23.5 Å². The maximum atomic E-state index is 13.1. The Bertz CT molecular complexity index is 502. The number of likely N-dealkylation sites (N-methyl/N-ethyl adjacent to an activating group) is 1. The lowest BCUT2D eigenvalue weighted by Gasteiger charge is -2.14. The van der Waals surface area contributed by atoms with Gasteiger partial charge in [0, 0.05) is 37.1 Å². The molecule has 0 aliphatic heterocycles. The summed E-state index contributed by atoms with van der Waals surface area (Å²) in [7, 11) is 5.51. The quantitative estimate of drug-likeness (QED) is 0.725. The highest BCUT2D eigenvalue weighted by molar-refractivity contribution is 6.08. The molecule has 0 unspecified atom stereocenters. The number of benzene rings is 1. The zero-order chi connectivity index (χ0) is 15.8. The molecule has 6 heteroatoms. The molecule has 4 nitrogen and oxygen atoms in total. The maximum Gasteiger partial charge on any atom is 0.264 e. The number of nitrogens with one attached hydrogen (secondary N) is 2. The molecular weight excluding hydrogens is 276 g/mol. The average molecular weight is 297 g/mol. The van der Waals surface area contributed by atoms with Crippen LogP contribution in [-0.4, -0.2) is 45.4 Å². The Hall–Kier alpha value is -1.95. The molecule has 1 rings (SSSR count). The Morgan fingerprint density at radius 1 is 1.43 bits per heavy atom. The van der Waals surface area contributed by atoms with Gasteiger partial charge in [-0.15, -0.1) is 0 Å². The lowest BCUT2D eigenvalue weighted by Crippen LogP contribution is -2.19. The van der Waals surface area contributed by atoms with Crippen LogP contribution in [0.5, 0.6) is 5.75 Å². The van der Waals surface area contributed by atoms with Crippen molar-refractivity contribution in [3.05, 3.63) is 35.5 Å². The number of alkyl halides is 2. The standard InChI is InChI=1S/C15H21F2N3O/c1-19-10-11(9-18)14-8-12(21-7-6-20(2)3)4-5-13(14)15(16)17/h4-5,8-10,15,18-19H,6-7H2,1-3H3/b11-10+,18-9?. The fraction of sp³-hybridized carbons (Fsp3) is 0.400. The third-order valence-electron chi connectivity index (χ3n) is 2.83. The molecule has 1 aromatic carbocycles. The normalized spacial score (nSPS) is 11.9. The number of hydrogen-bond acceptors (Lipinski definition) is 4. The Labute approximate surface area is 123 Å². The minimum absolute atomic E-state index is 0.111. The summed E-state index contributed by atoms with van der Waals surface area (Å²) in [6, 6.07) is 4.42. The SMILES string of the molecule is CN/C=C(\C=N)c1cc(OCCN(C)C)ccc1C(F)F. The van der Waals surface area contributed by atoms with Gasteiger partial charge in [-0.05, 0) is 37.9 Å². The van der Waals surface area contributed by atoms with Gasteiger partial charge in [0.1, 0.15) is 12.4 Å². The van der Waals surface area contributed by atoms with Crippen molar-refractivity contribution in [2.45, 2.75) is 6.43 Å². The largest absolute Gasteiger partial charge is 0.492 e. The highest BCUT2D eigenvalue weighted by Crippen LogP contribution is 2.30. The van der Waals surface area contributed by atoms with Crippen LogP contribution in [0.2, 0.25) is 0 Å². The van der Waals surface area contributed by atoms with Gasteiger partial charge in [0.2, 0.25) is 0 Å². The third-order valence-corrected chi connectivity index (χ3v) is 2.83. The van der Waals surface area contributed by atoms with Crippen LogP contribution in [0, 0.1) is 5.41 Å². The van der Waals surface area contributed by atoms with Crippen molar-refractivity contribution < 1.29 is 13.5 Å². The first-order chi connectivity index (χ1) is 9.99. The number of allylic oxidation sites excluding steroid dienone is 1. The van der Waals surface area contributed by atoms with Crippen LogP contribution in [0.15, 0.2) is 24.4 Å². The molecule has 0 fully saturated rings. The summed E-state index contributed by atoms with van der Waals surface area (Å²) in [4.78, 5) is 1.97. The van der Waals surface area contributed by atoms with E-state index in [-0.39, 0.29) is 5.56 Å². The van der Waals surface area contributed by atoms with E-state index < -0.39 is 6.43 Å². The molecule has 21 heavy (non-hydrogen) atoms. The maximum absolute atomic E-state index is 13.1. The summed E-state index contributed by atoms with van der Waals surface area (Å²) < 4.78 is 31.7. The van der Waals surface area contributed by atoms with Gasteiger partial charge in [-0.2, -0.15) is 0 Å². The van der Waals surface area contributed by atoms with Crippen molar-refractivity contribution in [3.8, 4) is 5.75 Å². The molecule has 0 heterocycles. The second-order valence-corrected chi connectivity index (χ2v) is 4.73. The first-order valence-electron chi connectivity index (χ1n) is 6.57. The van der Waals surface area contributed by atoms with Crippen LogP contribution in [-0.2, 0) is 0 Å². The summed E-state index contributed by atoms with van der Waals surface area (Å²) in [5, 5.41) is 10.1. The van der Waals surface area contributed by atoms with Gasteiger partial charge in [0.15, 0.2) is 0 Å². The van der Waals surface area contributed by atoms with Crippen molar-refractivity contribution in [2.24, 2.45) is 0 Å². The predicted molar refractivity (Wildman–Crippen MR) is 81.3 cm³/mol. The van der Waals surface area contributed by atoms with Crippen molar-refractivity contribution in [2.75, 3.05) is 34.3 Å². The van der Waals surface area contributed by atoms with E-state index >= 15 is 0 Å². The van der Waals surface area contributed by atoms with Gasteiger partial charge in [0.05, 0.1) is 0 Å². The van der Waals surface area contributed by atoms with Crippen LogP contribution >= 0.6 is 0 Å². The van der Waals surface area contributed by atoms with Crippen LogP contribution in [0.1, 0.15) is 17.6 Å². The van der Waals surface area contributed by atoms with Gasteiger partial charge in [0.25, 0.3) is 6.43 Å². The summed E-state index contributed by atoms with van der Waals surface area (Å²) in [6.45, 7) is 1.20.